The standard InChI is InChI=1S/C17H22N2/c1-4-9-19-14(3)13(2)10-16-12-18-11-15-7-5-6-8-17(15)16/h5-8,10-12,14,19H,4,9H2,1-3H3/b13-10+. The molecule has 0 aliphatic heterocycles. The van der Waals surface area contributed by atoms with Crippen molar-refractivity contribution in [3.05, 3.63) is 47.8 Å². The van der Waals surface area contributed by atoms with Crippen LogP contribution >= 0.6 is 0 Å². The Morgan fingerprint density at radius 2 is 2.11 bits per heavy atom. The zero-order valence-electron chi connectivity index (χ0n) is 12.0. The van der Waals surface area contributed by atoms with Gasteiger partial charge in [-0.25, -0.2) is 0 Å². The average Bonchev–Trinajstić information content (AvgIpc) is 2.45. The largest absolute Gasteiger partial charge is 0.311 e. The first-order valence-corrected chi connectivity index (χ1v) is 6.96. The number of aromatic nitrogens is 1. The Labute approximate surface area is 115 Å². The molecule has 0 aliphatic carbocycles. The molecule has 0 bridgehead atoms. The van der Waals surface area contributed by atoms with Crippen LogP contribution in [0.5, 0.6) is 0 Å². The van der Waals surface area contributed by atoms with Crippen LogP contribution in [0.1, 0.15) is 32.8 Å². The van der Waals surface area contributed by atoms with Crippen LogP contribution in [0.25, 0.3) is 16.8 Å². The third kappa shape index (κ3) is 3.42. The Hall–Kier alpha value is -1.67. The molecule has 2 nitrogen and oxygen atoms in total. The topological polar surface area (TPSA) is 24.9 Å². The van der Waals surface area contributed by atoms with Crippen molar-refractivity contribution in [1.82, 2.24) is 10.3 Å². The first-order valence-electron chi connectivity index (χ1n) is 6.96. The van der Waals surface area contributed by atoms with Crippen LogP contribution in [0.3, 0.4) is 0 Å². The summed E-state index contributed by atoms with van der Waals surface area (Å²) in [6, 6.07) is 8.79. The van der Waals surface area contributed by atoms with Crippen LogP contribution in [-0.4, -0.2) is 17.6 Å². The molecule has 1 aromatic carbocycles. The monoisotopic (exact) mass is 254 g/mol. The van der Waals surface area contributed by atoms with Crippen molar-refractivity contribution < 1.29 is 0 Å². The molecule has 1 heterocycles. The summed E-state index contributed by atoms with van der Waals surface area (Å²) in [5.74, 6) is 0. The van der Waals surface area contributed by atoms with Crippen molar-refractivity contribution in [2.45, 2.75) is 33.2 Å². The van der Waals surface area contributed by atoms with Gasteiger partial charge in [-0.05, 0) is 32.2 Å². The highest BCUT2D eigenvalue weighted by Gasteiger charge is 2.04. The lowest BCUT2D eigenvalue weighted by molar-refractivity contribution is 0.604. The van der Waals surface area contributed by atoms with Gasteiger partial charge in [-0.1, -0.05) is 42.8 Å². The minimum atomic E-state index is 0.402. The predicted molar refractivity (Wildman–Crippen MR) is 83.1 cm³/mol. The van der Waals surface area contributed by atoms with E-state index in [-0.39, 0.29) is 0 Å². The van der Waals surface area contributed by atoms with Gasteiger partial charge < -0.3 is 5.32 Å². The second-order valence-corrected chi connectivity index (χ2v) is 5.01. The molecule has 0 saturated carbocycles. The molecule has 0 spiro atoms. The summed E-state index contributed by atoms with van der Waals surface area (Å²) in [7, 11) is 0. The first kappa shape index (κ1) is 13.8. The summed E-state index contributed by atoms with van der Waals surface area (Å²) < 4.78 is 0. The first-order chi connectivity index (χ1) is 9.22. The fraction of sp³-hybridized carbons (Fsp3) is 0.353. The van der Waals surface area contributed by atoms with Crippen LogP contribution < -0.4 is 5.32 Å². The number of rotatable bonds is 5. The van der Waals surface area contributed by atoms with Crippen LogP contribution in [0.2, 0.25) is 0 Å². The fourth-order valence-corrected chi connectivity index (χ4v) is 2.15. The predicted octanol–water partition coefficient (Wildman–Crippen LogP) is 4.03. The lowest BCUT2D eigenvalue weighted by Gasteiger charge is -2.14. The van der Waals surface area contributed by atoms with E-state index < -0.39 is 0 Å². The maximum absolute atomic E-state index is 4.32. The molecule has 0 fully saturated rings. The zero-order valence-corrected chi connectivity index (χ0v) is 12.0. The van der Waals surface area contributed by atoms with E-state index in [0.717, 1.165) is 13.0 Å². The lowest BCUT2D eigenvalue weighted by atomic mass is 10.0. The second-order valence-electron chi connectivity index (χ2n) is 5.01. The fourth-order valence-electron chi connectivity index (χ4n) is 2.15. The molecule has 1 N–H and O–H groups in total. The maximum atomic E-state index is 4.32. The van der Waals surface area contributed by atoms with E-state index in [0.29, 0.717) is 6.04 Å². The van der Waals surface area contributed by atoms with E-state index in [1.165, 1.54) is 21.9 Å². The van der Waals surface area contributed by atoms with Gasteiger partial charge in [-0.3, -0.25) is 4.98 Å². The Balaban J connectivity index is 2.29. The Morgan fingerprint density at radius 3 is 2.89 bits per heavy atom. The molecule has 0 amide bonds. The molecule has 2 rings (SSSR count). The van der Waals surface area contributed by atoms with E-state index in [9.17, 15) is 0 Å². The number of fused-ring (bicyclic) bond motifs is 1. The number of nitrogens with one attached hydrogen (secondary N) is 1. The highest BCUT2D eigenvalue weighted by Crippen LogP contribution is 2.20. The Bertz CT molecular complexity index is 567. The maximum Gasteiger partial charge on any atom is 0.0346 e. The SMILES string of the molecule is CCCNC(C)/C(C)=C/c1cncc2ccccc12. The van der Waals surface area contributed by atoms with Gasteiger partial charge in [0.25, 0.3) is 0 Å². The summed E-state index contributed by atoms with van der Waals surface area (Å²) in [4.78, 5) is 4.32. The van der Waals surface area contributed by atoms with Crippen LogP contribution in [0.15, 0.2) is 42.2 Å². The van der Waals surface area contributed by atoms with E-state index in [1.54, 1.807) is 0 Å². The van der Waals surface area contributed by atoms with E-state index in [4.69, 9.17) is 0 Å². The summed E-state index contributed by atoms with van der Waals surface area (Å²) >= 11 is 0. The van der Waals surface area contributed by atoms with Gasteiger partial charge in [0.15, 0.2) is 0 Å². The normalized spacial score (nSPS) is 13.7. The number of hydrogen-bond donors (Lipinski definition) is 1. The van der Waals surface area contributed by atoms with Crippen molar-refractivity contribution >= 4 is 16.8 Å². The van der Waals surface area contributed by atoms with Gasteiger partial charge in [-0.2, -0.15) is 0 Å². The van der Waals surface area contributed by atoms with Crippen LogP contribution in [-0.2, 0) is 0 Å². The van der Waals surface area contributed by atoms with E-state index >= 15 is 0 Å². The lowest BCUT2D eigenvalue weighted by Crippen LogP contribution is -2.27. The molecule has 2 heteroatoms. The van der Waals surface area contributed by atoms with Gasteiger partial charge in [0.05, 0.1) is 0 Å². The molecule has 19 heavy (non-hydrogen) atoms. The minimum absolute atomic E-state index is 0.402. The van der Waals surface area contributed by atoms with Crippen molar-refractivity contribution in [2.75, 3.05) is 6.54 Å². The van der Waals surface area contributed by atoms with Crippen molar-refractivity contribution in [1.29, 1.82) is 0 Å². The Kier molecular flexibility index (Phi) is 4.69. The second kappa shape index (κ2) is 6.48. The summed E-state index contributed by atoms with van der Waals surface area (Å²) in [6.45, 7) is 7.63. The molecule has 1 unspecified atom stereocenters. The molecule has 1 aromatic heterocycles. The molecule has 1 atom stereocenters. The third-order valence-electron chi connectivity index (χ3n) is 3.47. The molecular weight excluding hydrogens is 232 g/mol. The van der Waals surface area contributed by atoms with Gasteiger partial charge in [0.2, 0.25) is 0 Å². The third-order valence-corrected chi connectivity index (χ3v) is 3.47. The van der Waals surface area contributed by atoms with Gasteiger partial charge in [0, 0.05) is 29.4 Å². The molecule has 0 radical (unpaired) electrons. The van der Waals surface area contributed by atoms with Crippen molar-refractivity contribution in [3.8, 4) is 0 Å². The molecule has 2 aromatic rings. The highest BCUT2D eigenvalue weighted by molar-refractivity contribution is 5.89. The summed E-state index contributed by atoms with van der Waals surface area (Å²) in [5.41, 5.74) is 2.53. The number of hydrogen-bond acceptors (Lipinski definition) is 2. The quantitative estimate of drug-likeness (QED) is 0.871. The summed E-state index contributed by atoms with van der Waals surface area (Å²) in [6.07, 6.45) is 7.26. The van der Waals surface area contributed by atoms with Crippen LogP contribution in [0.4, 0.5) is 0 Å². The van der Waals surface area contributed by atoms with E-state index in [1.807, 2.05) is 12.4 Å². The van der Waals surface area contributed by atoms with Crippen molar-refractivity contribution in [2.24, 2.45) is 0 Å². The Morgan fingerprint density at radius 1 is 1.32 bits per heavy atom. The number of nitrogens with zero attached hydrogens (tertiary/aromatic N) is 1. The van der Waals surface area contributed by atoms with E-state index in [2.05, 4.69) is 61.4 Å². The molecule has 100 valence electrons. The minimum Gasteiger partial charge on any atom is -0.311 e. The van der Waals surface area contributed by atoms with Gasteiger partial charge in [-0.15, -0.1) is 0 Å². The molecule has 0 aliphatic rings. The van der Waals surface area contributed by atoms with Crippen molar-refractivity contribution in [3.63, 3.8) is 0 Å². The summed E-state index contributed by atoms with van der Waals surface area (Å²) in [5, 5.41) is 5.97. The molecule has 0 saturated heterocycles. The smallest absolute Gasteiger partial charge is 0.0346 e. The van der Waals surface area contributed by atoms with Gasteiger partial charge >= 0.3 is 0 Å². The highest BCUT2D eigenvalue weighted by atomic mass is 14.9. The molecular formula is C17H22N2. The van der Waals surface area contributed by atoms with Crippen LogP contribution in [0, 0.1) is 0 Å². The number of benzene rings is 1. The zero-order chi connectivity index (χ0) is 13.7. The van der Waals surface area contributed by atoms with Gasteiger partial charge in [0.1, 0.15) is 0 Å². The average molecular weight is 254 g/mol. The number of pyridine rings is 1.